The maximum atomic E-state index is 12.0. The monoisotopic (exact) mass is 309 g/mol. The molecule has 4 atom stereocenters. The van der Waals surface area contributed by atoms with Crippen LogP contribution < -0.4 is 0 Å². The first-order chi connectivity index (χ1) is 9.81. The molecule has 0 heterocycles. The van der Waals surface area contributed by atoms with Crippen LogP contribution >= 0.6 is 0 Å². The van der Waals surface area contributed by atoms with E-state index in [1.54, 1.807) is 6.92 Å². The maximum Gasteiger partial charge on any atom is 0.219 e. The number of amides is 1. The first-order valence-electron chi connectivity index (χ1n) is 9.04. The average molecular weight is 310 g/mol. The molecule has 0 saturated heterocycles. The first kappa shape index (κ1) is 19.5. The van der Waals surface area contributed by atoms with Gasteiger partial charge in [-0.3, -0.25) is 4.79 Å². The lowest BCUT2D eigenvalue weighted by Gasteiger charge is -2.54. The van der Waals surface area contributed by atoms with Crippen LogP contribution in [0.1, 0.15) is 75.2 Å². The molecule has 1 aliphatic carbocycles. The highest BCUT2D eigenvalue weighted by atomic mass is 16.2. The van der Waals surface area contributed by atoms with E-state index in [1.807, 2.05) is 11.9 Å². The molecule has 1 saturated carbocycles. The zero-order valence-corrected chi connectivity index (χ0v) is 16.7. The molecule has 0 aromatic rings. The summed E-state index contributed by atoms with van der Waals surface area (Å²) < 4.78 is 0. The van der Waals surface area contributed by atoms with Crippen LogP contribution in [0, 0.1) is 34.5 Å². The molecule has 0 aliphatic heterocycles. The van der Waals surface area contributed by atoms with Gasteiger partial charge in [0.25, 0.3) is 0 Å². The highest BCUT2D eigenvalue weighted by Gasteiger charge is 2.48. The fraction of sp³-hybridized carbons (Fsp3) is 0.950. The number of carbonyl (C=O) groups is 1. The molecule has 0 radical (unpaired) electrons. The van der Waals surface area contributed by atoms with Crippen LogP contribution in [0.15, 0.2) is 0 Å². The Morgan fingerprint density at radius 2 is 1.55 bits per heavy atom. The summed E-state index contributed by atoms with van der Waals surface area (Å²) in [5.74, 6) is 2.87. The molecule has 0 N–H and O–H groups in total. The third-order valence-corrected chi connectivity index (χ3v) is 6.14. The van der Waals surface area contributed by atoms with Gasteiger partial charge in [-0.25, -0.2) is 0 Å². The Morgan fingerprint density at radius 3 is 1.95 bits per heavy atom. The maximum absolute atomic E-state index is 12.0. The van der Waals surface area contributed by atoms with E-state index in [4.69, 9.17) is 0 Å². The van der Waals surface area contributed by atoms with Crippen LogP contribution in [0.3, 0.4) is 0 Å². The third-order valence-electron chi connectivity index (χ3n) is 6.14. The lowest BCUT2D eigenvalue weighted by Crippen LogP contribution is -2.54. The zero-order chi connectivity index (χ0) is 17.5. The van der Waals surface area contributed by atoms with Crippen molar-refractivity contribution in [1.29, 1.82) is 0 Å². The van der Waals surface area contributed by atoms with Crippen LogP contribution in [0.5, 0.6) is 0 Å². The van der Waals surface area contributed by atoms with Gasteiger partial charge in [0.15, 0.2) is 0 Å². The lowest BCUT2D eigenvalue weighted by atomic mass is 9.55. The molecule has 22 heavy (non-hydrogen) atoms. The smallest absolute Gasteiger partial charge is 0.219 e. The summed E-state index contributed by atoms with van der Waals surface area (Å²) >= 11 is 0. The Labute approximate surface area is 139 Å². The van der Waals surface area contributed by atoms with Crippen LogP contribution in [-0.4, -0.2) is 23.9 Å². The third kappa shape index (κ3) is 3.86. The van der Waals surface area contributed by atoms with Gasteiger partial charge < -0.3 is 4.90 Å². The predicted octanol–water partition coefficient (Wildman–Crippen LogP) is 5.22. The summed E-state index contributed by atoms with van der Waals surface area (Å²) in [5.41, 5.74) is 0.434. The second-order valence-electron chi connectivity index (χ2n) is 9.69. The second-order valence-corrected chi connectivity index (χ2v) is 9.69. The van der Waals surface area contributed by atoms with Gasteiger partial charge in [0.1, 0.15) is 0 Å². The summed E-state index contributed by atoms with van der Waals surface area (Å²) in [5, 5.41) is 0. The Hall–Kier alpha value is -0.530. The van der Waals surface area contributed by atoms with Gasteiger partial charge in [0.05, 0.1) is 0 Å². The Bertz CT molecular complexity index is 397. The molecule has 0 bridgehead atoms. The second kappa shape index (κ2) is 6.53. The minimum Gasteiger partial charge on any atom is -0.342 e. The lowest BCUT2D eigenvalue weighted by molar-refractivity contribution is -0.136. The first-order valence-corrected chi connectivity index (χ1v) is 9.04. The summed E-state index contributed by atoms with van der Waals surface area (Å²) in [6.45, 7) is 20.8. The van der Waals surface area contributed by atoms with Gasteiger partial charge >= 0.3 is 0 Å². The fourth-order valence-electron chi connectivity index (χ4n) is 6.46. The molecule has 2 nitrogen and oxygen atoms in total. The van der Waals surface area contributed by atoms with E-state index in [1.165, 1.54) is 12.8 Å². The van der Waals surface area contributed by atoms with E-state index in [2.05, 4.69) is 55.4 Å². The number of rotatable bonds is 2. The van der Waals surface area contributed by atoms with Crippen molar-refractivity contribution >= 4 is 5.91 Å². The fourth-order valence-corrected chi connectivity index (χ4v) is 6.46. The highest BCUT2D eigenvalue weighted by Crippen LogP contribution is 2.52. The van der Waals surface area contributed by atoms with Gasteiger partial charge in [0.2, 0.25) is 5.91 Å². The van der Waals surface area contributed by atoms with Crippen molar-refractivity contribution in [3.8, 4) is 0 Å². The zero-order valence-electron chi connectivity index (χ0n) is 16.7. The summed E-state index contributed by atoms with van der Waals surface area (Å²) in [4.78, 5) is 14.0. The van der Waals surface area contributed by atoms with E-state index in [-0.39, 0.29) is 11.3 Å². The standard InChI is InChI=1S/C20H39NO/c1-13(2)17-14(3)11-15(4)18(21(10)16(5)22)20(8,9)12-19(17,6)7/h13-15,17-18H,11-12H2,1-10H3. The Morgan fingerprint density at radius 1 is 1.05 bits per heavy atom. The number of hydrogen-bond acceptors (Lipinski definition) is 1. The summed E-state index contributed by atoms with van der Waals surface area (Å²) in [6.07, 6.45) is 2.37. The Kier molecular flexibility index (Phi) is 5.79. The molecule has 0 aromatic heterocycles. The number of hydrogen-bond donors (Lipinski definition) is 0. The van der Waals surface area contributed by atoms with Gasteiger partial charge in [0, 0.05) is 20.0 Å². The van der Waals surface area contributed by atoms with Crippen molar-refractivity contribution < 1.29 is 4.79 Å². The molecule has 1 fully saturated rings. The topological polar surface area (TPSA) is 20.3 Å². The van der Waals surface area contributed by atoms with Gasteiger partial charge in [-0.05, 0) is 47.3 Å². The molecule has 4 unspecified atom stereocenters. The van der Waals surface area contributed by atoms with E-state index in [0.29, 0.717) is 29.2 Å². The van der Waals surface area contributed by atoms with Crippen molar-refractivity contribution in [1.82, 2.24) is 4.90 Å². The van der Waals surface area contributed by atoms with Gasteiger partial charge in [-0.2, -0.15) is 0 Å². The van der Waals surface area contributed by atoms with E-state index in [9.17, 15) is 4.79 Å². The SMILES string of the molecule is CC(=O)N(C)C1C(C)CC(C)C(C(C)C)C(C)(C)CC1(C)C. The highest BCUT2D eigenvalue weighted by molar-refractivity contribution is 5.73. The van der Waals surface area contributed by atoms with Crippen LogP contribution in [0.25, 0.3) is 0 Å². The van der Waals surface area contributed by atoms with Crippen molar-refractivity contribution in [2.24, 2.45) is 34.5 Å². The van der Waals surface area contributed by atoms with Crippen molar-refractivity contribution in [3.05, 3.63) is 0 Å². The molecule has 1 aliphatic rings. The van der Waals surface area contributed by atoms with Crippen molar-refractivity contribution in [2.45, 2.75) is 81.2 Å². The van der Waals surface area contributed by atoms with Crippen molar-refractivity contribution in [3.63, 3.8) is 0 Å². The molecular formula is C20H39NO. The van der Waals surface area contributed by atoms with E-state index < -0.39 is 0 Å². The van der Waals surface area contributed by atoms with E-state index in [0.717, 1.165) is 5.92 Å². The van der Waals surface area contributed by atoms with Gasteiger partial charge in [-0.15, -0.1) is 0 Å². The summed E-state index contributed by atoms with van der Waals surface area (Å²) in [6, 6.07) is 0.319. The van der Waals surface area contributed by atoms with Crippen LogP contribution in [-0.2, 0) is 4.79 Å². The van der Waals surface area contributed by atoms with E-state index >= 15 is 0 Å². The quantitative estimate of drug-likeness (QED) is 0.684. The van der Waals surface area contributed by atoms with Crippen LogP contribution in [0.2, 0.25) is 0 Å². The van der Waals surface area contributed by atoms with Gasteiger partial charge in [-0.1, -0.05) is 55.4 Å². The summed E-state index contributed by atoms with van der Waals surface area (Å²) in [7, 11) is 1.99. The number of nitrogens with zero attached hydrogens (tertiary/aromatic N) is 1. The largest absolute Gasteiger partial charge is 0.342 e. The van der Waals surface area contributed by atoms with Crippen molar-refractivity contribution in [2.75, 3.05) is 7.05 Å². The molecular weight excluding hydrogens is 270 g/mol. The molecule has 0 spiro atoms. The predicted molar refractivity (Wildman–Crippen MR) is 95.7 cm³/mol. The normalized spacial score (nSPS) is 34.9. The van der Waals surface area contributed by atoms with Crippen LogP contribution in [0.4, 0.5) is 0 Å². The molecule has 2 heteroatoms. The average Bonchev–Trinajstić information content (AvgIpc) is 2.23. The molecule has 1 amide bonds. The Balaban J connectivity index is 3.27. The molecule has 1 rings (SSSR count). The minimum atomic E-state index is 0.136. The number of carbonyl (C=O) groups excluding carboxylic acids is 1. The molecule has 130 valence electrons. The molecule has 0 aromatic carbocycles. The minimum absolute atomic E-state index is 0.136.